The molecule has 0 unspecified atom stereocenters. The zero-order valence-corrected chi connectivity index (χ0v) is 19.6. The number of H-pyrrole nitrogens is 1. The summed E-state index contributed by atoms with van der Waals surface area (Å²) < 4.78 is 7.51. The Hall–Kier alpha value is -3.52. The van der Waals surface area contributed by atoms with E-state index < -0.39 is 0 Å². The molecule has 34 heavy (non-hydrogen) atoms. The first-order valence-corrected chi connectivity index (χ1v) is 12.0. The number of rotatable bonds is 7. The Kier molecular flexibility index (Phi) is 6.40. The van der Waals surface area contributed by atoms with E-state index in [-0.39, 0.29) is 11.6 Å². The SMILES string of the molecule is CCOc1ccc2[nH]c(=O)c([C@H](c3nnnn3Cc3ccccc3)N3CCC(C)CC3)cc2c1. The van der Waals surface area contributed by atoms with Crippen molar-refractivity contribution in [2.75, 3.05) is 19.7 Å². The van der Waals surface area contributed by atoms with Gasteiger partial charge in [-0.25, -0.2) is 4.68 Å². The molecule has 1 atom stereocenters. The second-order valence-corrected chi connectivity index (χ2v) is 9.04. The Labute approximate surface area is 198 Å². The highest BCUT2D eigenvalue weighted by Crippen LogP contribution is 2.31. The monoisotopic (exact) mass is 458 g/mol. The molecule has 0 aliphatic carbocycles. The topological polar surface area (TPSA) is 88.9 Å². The third-order valence-electron chi connectivity index (χ3n) is 6.61. The van der Waals surface area contributed by atoms with Crippen molar-refractivity contribution in [2.24, 2.45) is 5.92 Å². The molecule has 8 nitrogen and oxygen atoms in total. The van der Waals surface area contributed by atoms with E-state index in [9.17, 15) is 4.79 Å². The number of nitrogens with one attached hydrogen (secondary N) is 1. The maximum absolute atomic E-state index is 13.4. The van der Waals surface area contributed by atoms with Gasteiger partial charge >= 0.3 is 0 Å². The van der Waals surface area contributed by atoms with Gasteiger partial charge < -0.3 is 9.72 Å². The van der Waals surface area contributed by atoms with Gasteiger partial charge in [0.2, 0.25) is 0 Å². The first-order valence-electron chi connectivity index (χ1n) is 12.0. The minimum atomic E-state index is -0.338. The summed E-state index contributed by atoms with van der Waals surface area (Å²) in [6.45, 7) is 7.15. The smallest absolute Gasteiger partial charge is 0.253 e. The van der Waals surface area contributed by atoms with Crippen LogP contribution in [0.25, 0.3) is 10.9 Å². The summed E-state index contributed by atoms with van der Waals surface area (Å²) in [4.78, 5) is 18.8. The maximum Gasteiger partial charge on any atom is 0.253 e. The molecular weight excluding hydrogens is 428 g/mol. The van der Waals surface area contributed by atoms with Crippen LogP contribution in [0.5, 0.6) is 5.75 Å². The molecule has 1 fully saturated rings. The first-order chi connectivity index (χ1) is 16.6. The molecule has 1 aliphatic rings. The van der Waals surface area contributed by atoms with Crippen molar-refractivity contribution in [2.45, 2.75) is 39.3 Å². The molecule has 5 rings (SSSR count). The number of piperidine rings is 1. The lowest BCUT2D eigenvalue weighted by atomic mass is 9.95. The van der Waals surface area contributed by atoms with Gasteiger partial charge in [-0.1, -0.05) is 37.3 Å². The molecule has 0 bridgehead atoms. The summed E-state index contributed by atoms with van der Waals surface area (Å²) in [5.74, 6) is 2.13. The molecule has 1 N–H and O–H groups in total. The summed E-state index contributed by atoms with van der Waals surface area (Å²) in [5, 5.41) is 13.7. The van der Waals surface area contributed by atoms with E-state index in [2.05, 4.69) is 44.5 Å². The predicted molar refractivity (Wildman–Crippen MR) is 131 cm³/mol. The van der Waals surface area contributed by atoms with E-state index in [1.165, 1.54) is 0 Å². The van der Waals surface area contributed by atoms with E-state index in [0.717, 1.165) is 48.1 Å². The molecule has 2 aromatic carbocycles. The lowest BCUT2D eigenvalue weighted by molar-refractivity contribution is 0.149. The van der Waals surface area contributed by atoms with Crippen LogP contribution in [0, 0.1) is 5.92 Å². The summed E-state index contributed by atoms with van der Waals surface area (Å²) >= 11 is 0. The van der Waals surface area contributed by atoms with E-state index in [1.54, 1.807) is 0 Å². The van der Waals surface area contributed by atoms with Crippen LogP contribution in [0.3, 0.4) is 0 Å². The van der Waals surface area contributed by atoms with E-state index >= 15 is 0 Å². The summed E-state index contributed by atoms with van der Waals surface area (Å²) in [6.07, 6.45) is 2.16. The highest BCUT2D eigenvalue weighted by Gasteiger charge is 2.32. The average molecular weight is 459 g/mol. The van der Waals surface area contributed by atoms with Gasteiger partial charge in [-0.2, -0.15) is 0 Å². The van der Waals surface area contributed by atoms with Crippen LogP contribution in [0.2, 0.25) is 0 Å². The predicted octanol–water partition coefficient (Wildman–Crippen LogP) is 3.78. The fraction of sp³-hybridized carbons (Fsp3) is 0.385. The third-order valence-corrected chi connectivity index (χ3v) is 6.61. The van der Waals surface area contributed by atoms with Gasteiger partial charge in [0.05, 0.1) is 13.2 Å². The molecule has 176 valence electrons. The molecular formula is C26H30N6O2. The number of aromatic nitrogens is 5. The van der Waals surface area contributed by atoms with Crippen molar-refractivity contribution >= 4 is 10.9 Å². The second kappa shape index (κ2) is 9.77. The molecule has 0 saturated carbocycles. The molecule has 0 amide bonds. The molecule has 3 heterocycles. The zero-order chi connectivity index (χ0) is 23.5. The van der Waals surface area contributed by atoms with Crippen LogP contribution < -0.4 is 10.3 Å². The molecule has 0 radical (unpaired) electrons. The third kappa shape index (κ3) is 4.59. The molecule has 8 heteroatoms. The van der Waals surface area contributed by atoms with Crippen molar-refractivity contribution in [1.82, 2.24) is 30.1 Å². The minimum Gasteiger partial charge on any atom is -0.494 e. The van der Waals surface area contributed by atoms with Gasteiger partial charge in [-0.15, -0.1) is 5.10 Å². The van der Waals surface area contributed by atoms with Crippen LogP contribution in [0.4, 0.5) is 0 Å². The summed E-state index contributed by atoms with van der Waals surface area (Å²) in [6, 6.07) is 17.5. The van der Waals surface area contributed by atoms with Gasteiger partial charge in [0, 0.05) is 16.5 Å². The average Bonchev–Trinajstić information content (AvgIpc) is 3.29. The number of ether oxygens (including phenoxy) is 1. The Morgan fingerprint density at radius 2 is 1.91 bits per heavy atom. The Balaban J connectivity index is 1.60. The van der Waals surface area contributed by atoms with Crippen LogP contribution >= 0.6 is 0 Å². The molecule has 1 aliphatic heterocycles. The van der Waals surface area contributed by atoms with Crippen LogP contribution in [-0.4, -0.2) is 49.8 Å². The highest BCUT2D eigenvalue weighted by molar-refractivity contribution is 5.80. The van der Waals surface area contributed by atoms with Crippen LogP contribution in [-0.2, 0) is 6.54 Å². The number of pyridine rings is 1. The van der Waals surface area contributed by atoms with Crippen molar-refractivity contribution < 1.29 is 4.74 Å². The highest BCUT2D eigenvalue weighted by atomic mass is 16.5. The number of benzene rings is 2. The van der Waals surface area contributed by atoms with Gasteiger partial charge in [-0.3, -0.25) is 9.69 Å². The van der Waals surface area contributed by atoms with E-state index in [1.807, 2.05) is 54.1 Å². The largest absolute Gasteiger partial charge is 0.494 e. The minimum absolute atomic E-state index is 0.116. The summed E-state index contributed by atoms with van der Waals surface area (Å²) in [5.41, 5.74) is 2.43. The molecule has 4 aromatic rings. The summed E-state index contributed by atoms with van der Waals surface area (Å²) in [7, 11) is 0. The maximum atomic E-state index is 13.4. The number of hydrogen-bond acceptors (Lipinski definition) is 6. The lowest BCUT2D eigenvalue weighted by Gasteiger charge is -2.35. The number of nitrogens with zero attached hydrogens (tertiary/aromatic N) is 5. The quantitative estimate of drug-likeness (QED) is 0.453. The molecule has 2 aromatic heterocycles. The van der Waals surface area contributed by atoms with Crippen molar-refractivity contribution in [3.63, 3.8) is 0 Å². The number of tetrazole rings is 1. The fourth-order valence-corrected chi connectivity index (χ4v) is 4.72. The van der Waals surface area contributed by atoms with Gasteiger partial charge in [0.1, 0.15) is 11.8 Å². The number of aromatic amines is 1. The van der Waals surface area contributed by atoms with Crippen molar-refractivity contribution in [1.29, 1.82) is 0 Å². The zero-order valence-electron chi connectivity index (χ0n) is 19.6. The molecule has 0 spiro atoms. The van der Waals surface area contributed by atoms with Crippen LogP contribution in [0.1, 0.15) is 49.7 Å². The van der Waals surface area contributed by atoms with E-state index in [0.29, 0.717) is 30.5 Å². The van der Waals surface area contributed by atoms with Gasteiger partial charge in [0.25, 0.3) is 5.56 Å². The number of hydrogen-bond donors (Lipinski definition) is 1. The normalized spacial score (nSPS) is 16.1. The van der Waals surface area contributed by atoms with E-state index in [4.69, 9.17) is 4.74 Å². The second-order valence-electron chi connectivity index (χ2n) is 9.04. The number of fused-ring (bicyclic) bond motifs is 1. The Morgan fingerprint density at radius 1 is 1.12 bits per heavy atom. The standard InChI is InChI=1S/C26H30N6O2/c1-3-34-21-9-10-23-20(15-21)16-22(26(33)27-23)24(31-13-11-18(2)12-14-31)25-28-29-30-32(25)17-19-7-5-4-6-8-19/h4-10,15-16,18,24H,3,11-14,17H2,1-2H3,(H,27,33)/t24-/m1/s1. The Bertz CT molecular complexity index is 1310. The fourth-order valence-electron chi connectivity index (χ4n) is 4.72. The first kappa shape index (κ1) is 22.3. The van der Waals surface area contributed by atoms with Crippen LogP contribution in [0.15, 0.2) is 59.4 Å². The lowest BCUT2D eigenvalue weighted by Crippen LogP contribution is -2.40. The number of likely N-dealkylation sites (tertiary alicyclic amines) is 1. The Morgan fingerprint density at radius 3 is 2.68 bits per heavy atom. The molecule has 1 saturated heterocycles. The van der Waals surface area contributed by atoms with Gasteiger partial charge in [0.15, 0.2) is 5.82 Å². The van der Waals surface area contributed by atoms with Crippen molar-refractivity contribution in [3.05, 3.63) is 81.9 Å². The van der Waals surface area contributed by atoms with Gasteiger partial charge in [-0.05, 0) is 79.0 Å². The van der Waals surface area contributed by atoms with Crippen molar-refractivity contribution in [3.8, 4) is 5.75 Å².